The maximum atomic E-state index is 13.3. The molecule has 1 saturated carbocycles. The maximum absolute atomic E-state index is 13.3. The van der Waals surface area contributed by atoms with E-state index in [1.54, 1.807) is 30.3 Å². The van der Waals surface area contributed by atoms with Crippen LogP contribution < -0.4 is 0 Å². The molecule has 2 nitrogen and oxygen atoms in total. The molecule has 0 aliphatic heterocycles. The molecule has 1 aliphatic carbocycles. The van der Waals surface area contributed by atoms with Crippen molar-refractivity contribution in [3.05, 3.63) is 35.9 Å². The largest absolute Gasteiger partial charge is 0.389 e. The van der Waals surface area contributed by atoms with Crippen molar-refractivity contribution < 1.29 is 19.0 Å². The Morgan fingerprint density at radius 2 is 1.44 bits per heavy atom. The van der Waals surface area contributed by atoms with Crippen molar-refractivity contribution in [1.29, 1.82) is 0 Å². The molecular formula is C12H14F2O2. The van der Waals surface area contributed by atoms with Gasteiger partial charge in [0, 0.05) is 12.3 Å². The van der Waals surface area contributed by atoms with E-state index in [4.69, 9.17) is 0 Å². The lowest BCUT2D eigenvalue weighted by Gasteiger charge is -2.37. The van der Waals surface area contributed by atoms with Gasteiger partial charge in [-0.2, -0.15) is 0 Å². The molecule has 1 aromatic rings. The topological polar surface area (TPSA) is 40.5 Å². The van der Waals surface area contributed by atoms with Crippen LogP contribution in [-0.2, 0) is 0 Å². The Bertz CT molecular complexity index is 330. The van der Waals surface area contributed by atoms with Gasteiger partial charge in [-0.3, -0.25) is 0 Å². The van der Waals surface area contributed by atoms with Crippen molar-refractivity contribution in [3.8, 4) is 0 Å². The summed E-state index contributed by atoms with van der Waals surface area (Å²) in [6, 6.07) is 8.50. The van der Waals surface area contributed by atoms with Gasteiger partial charge in [-0.1, -0.05) is 30.3 Å². The van der Waals surface area contributed by atoms with Crippen molar-refractivity contribution in [2.75, 3.05) is 0 Å². The van der Waals surface area contributed by atoms with Crippen LogP contribution in [-0.4, -0.2) is 34.8 Å². The molecule has 0 bridgehead atoms. The molecule has 0 spiro atoms. The quantitative estimate of drug-likeness (QED) is 0.766. The Morgan fingerprint density at radius 1 is 0.938 bits per heavy atom. The molecule has 1 aromatic carbocycles. The minimum Gasteiger partial charge on any atom is -0.389 e. The molecule has 0 saturated heterocycles. The summed E-state index contributed by atoms with van der Waals surface area (Å²) >= 11 is 0. The van der Waals surface area contributed by atoms with Crippen molar-refractivity contribution in [1.82, 2.24) is 0 Å². The summed E-state index contributed by atoms with van der Waals surface area (Å²) in [7, 11) is 0. The van der Waals surface area contributed by atoms with Crippen molar-refractivity contribution in [2.24, 2.45) is 0 Å². The van der Waals surface area contributed by atoms with Gasteiger partial charge in [0.2, 0.25) is 0 Å². The maximum Gasteiger partial charge on any atom is 0.129 e. The average molecular weight is 228 g/mol. The summed E-state index contributed by atoms with van der Waals surface area (Å²) in [6.07, 6.45) is -6.37. The molecule has 1 unspecified atom stereocenters. The summed E-state index contributed by atoms with van der Waals surface area (Å²) in [5.41, 5.74) is 0.563. The fourth-order valence-electron chi connectivity index (χ4n) is 2.22. The first-order valence-electron chi connectivity index (χ1n) is 5.30. The van der Waals surface area contributed by atoms with Crippen LogP contribution in [0.3, 0.4) is 0 Å². The summed E-state index contributed by atoms with van der Waals surface area (Å²) in [4.78, 5) is 0. The van der Waals surface area contributed by atoms with Crippen LogP contribution in [0.25, 0.3) is 0 Å². The van der Waals surface area contributed by atoms with Gasteiger partial charge in [-0.05, 0) is 5.56 Å². The van der Waals surface area contributed by atoms with E-state index >= 15 is 0 Å². The minimum atomic E-state index is -1.62. The van der Waals surface area contributed by atoms with Crippen LogP contribution >= 0.6 is 0 Å². The molecule has 2 N–H and O–H groups in total. The lowest BCUT2D eigenvalue weighted by atomic mass is 9.77. The summed E-state index contributed by atoms with van der Waals surface area (Å²) in [5, 5.41) is 19.4. The number of aliphatic hydroxyl groups is 2. The lowest BCUT2D eigenvalue weighted by Crippen LogP contribution is -2.47. The van der Waals surface area contributed by atoms with Crippen molar-refractivity contribution >= 4 is 0 Å². The van der Waals surface area contributed by atoms with E-state index in [1.165, 1.54) is 0 Å². The number of alkyl halides is 2. The van der Waals surface area contributed by atoms with E-state index in [0.29, 0.717) is 5.56 Å². The van der Waals surface area contributed by atoms with E-state index in [0.717, 1.165) is 0 Å². The Kier molecular flexibility index (Phi) is 3.21. The standard InChI is InChI=1S/C12H14F2O2/c13-8-6-9(14)12(16)10(11(8)15)7-4-2-1-3-5-7/h1-5,8-12,15-16H,6H2/t8-,9+,10?,11-,12+. The number of hydrogen-bond acceptors (Lipinski definition) is 2. The molecule has 0 amide bonds. The van der Waals surface area contributed by atoms with E-state index < -0.39 is 36.9 Å². The summed E-state index contributed by atoms with van der Waals surface area (Å²) < 4.78 is 26.7. The predicted molar refractivity (Wildman–Crippen MR) is 55.6 cm³/mol. The monoisotopic (exact) mass is 228 g/mol. The molecular weight excluding hydrogens is 214 g/mol. The average Bonchev–Trinajstić information content (AvgIpc) is 2.28. The molecule has 2 rings (SSSR count). The number of benzene rings is 1. The van der Waals surface area contributed by atoms with Gasteiger partial charge in [-0.25, -0.2) is 8.78 Å². The van der Waals surface area contributed by atoms with Crippen LogP contribution in [0.2, 0.25) is 0 Å². The number of aliphatic hydroxyl groups excluding tert-OH is 2. The highest BCUT2D eigenvalue weighted by molar-refractivity contribution is 5.24. The van der Waals surface area contributed by atoms with Crippen LogP contribution in [0, 0.1) is 0 Å². The molecule has 1 aliphatic rings. The third-order valence-corrected chi connectivity index (χ3v) is 3.11. The number of halogens is 2. The van der Waals surface area contributed by atoms with E-state index in [-0.39, 0.29) is 0 Å². The number of hydrogen-bond donors (Lipinski definition) is 2. The van der Waals surface area contributed by atoms with Gasteiger partial charge in [0.05, 0.1) is 12.2 Å². The molecule has 4 heteroatoms. The van der Waals surface area contributed by atoms with E-state index in [9.17, 15) is 19.0 Å². The predicted octanol–water partition coefficient (Wildman–Crippen LogP) is 1.57. The highest BCUT2D eigenvalue weighted by atomic mass is 19.1. The minimum absolute atomic E-state index is 0.439. The first-order chi connectivity index (χ1) is 7.61. The van der Waals surface area contributed by atoms with Crippen LogP contribution in [0.1, 0.15) is 17.9 Å². The molecule has 0 heterocycles. The second-order valence-corrected chi connectivity index (χ2v) is 4.19. The highest BCUT2D eigenvalue weighted by Gasteiger charge is 2.44. The first-order valence-corrected chi connectivity index (χ1v) is 5.30. The zero-order chi connectivity index (χ0) is 11.7. The van der Waals surface area contributed by atoms with E-state index in [2.05, 4.69) is 0 Å². The molecule has 0 aromatic heterocycles. The Hall–Kier alpha value is -1.00. The second kappa shape index (κ2) is 4.47. The third kappa shape index (κ3) is 1.95. The molecule has 0 radical (unpaired) electrons. The Labute approximate surface area is 92.5 Å². The fraction of sp³-hybridized carbons (Fsp3) is 0.500. The summed E-state index contributed by atoms with van der Waals surface area (Å²) in [5.74, 6) is -0.889. The first kappa shape index (κ1) is 11.5. The van der Waals surface area contributed by atoms with Gasteiger partial charge >= 0.3 is 0 Å². The normalized spacial score (nSPS) is 39.6. The molecule has 88 valence electrons. The zero-order valence-electron chi connectivity index (χ0n) is 8.63. The number of rotatable bonds is 1. The van der Waals surface area contributed by atoms with E-state index in [1.807, 2.05) is 0 Å². The summed E-state index contributed by atoms with van der Waals surface area (Å²) in [6.45, 7) is 0. The smallest absolute Gasteiger partial charge is 0.129 e. The second-order valence-electron chi connectivity index (χ2n) is 4.19. The molecule has 5 atom stereocenters. The third-order valence-electron chi connectivity index (χ3n) is 3.11. The van der Waals surface area contributed by atoms with Gasteiger partial charge in [0.1, 0.15) is 12.3 Å². The Balaban J connectivity index is 2.30. The van der Waals surface area contributed by atoms with Gasteiger partial charge < -0.3 is 10.2 Å². The zero-order valence-corrected chi connectivity index (χ0v) is 8.63. The van der Waals surface area contributed by atoms with Gasteiger partial charge in [0.25, 0.3) is 0 Å². The van der Waals surface area contributed by atoms with Crippen molar-refractivity contribution in [2.45, 2.75) is 36.9 Å². The van der Waals surface area contributed by atoms with Crippen molar-refractivity contribution in [3.63, 3.8) is 0 Å². The lowest BCUT2D eigenvalue weighted by molar-refractivity contribution is -0.0751. The van der Waals surface area contributed by atoms with Crippen LogP contribution in [0.4, 0.5) is 8.78 Å². The highest BCUT2D eigenvalue weighted by Crippen LogP contribution is 2.36. The van der Waals surface area contributed by atoms with Gasteiger partial charge in [0.15, 0.2) is 0 Å². The molecule has 1 fully saturated rings. The molecule has 16 heavy (non-hydrogen) atoms. The SMILES string of the molecule is O[C@@H]1C(c2ccccc2)[C@H](O)[C@H](F)C[C@@H]1F. The van der Waals surface area contributed by atoms with Crippen LogP contribution in [0.15, 0.2) is 30.3 Å². The van der Waals surface area contributed by atoms with Crippen LogP contribution in [0.5, 0.6) is 0 Å². The Morgan fingerprint density at radius 3 is 1.94 bits per heavy atom. The van der Waals surface area contributed by atoms with Gasteiger partial charge in [-0.15, -0.1) is 0 Å². The fourth-order valence-corrected chi connectivity index (χ4v) is 2.22.